The molecule has 13 heavy (non-hydrogen) atoms. The van der Waals surface area contributed by atoms with E-state index in [0.29, 0.717) is 5.89 Å². The first-order valence-corrected chi connectivity index (χ1v) is 3.39. The lowest BCUT2D eigenvalue weighted by atomic mass is 10.3. The molecule has 0 saturated heterocycles. The second-order valence-electron chi connectivity index (χ2n) is 2.44. The Morgan fingerprint density at radius 1 is 1.31 bits per heavy atom. The van der Waals surface area contributed by atoms with Crippen LogP contribution < -0.4 is 0 Å². The van der Waals surface area contributed by atoms with Crippen molar-refractivity contribution in [3.63, 3.8) is 0 Å². The molecule has 70 valence electrons. The fraction of sp³-hybridized carbons (Fsp3) is 0.125. The highest BCUT2D eigenvalue weighted by Gasteiger charge is 2.11. The van der Waals surface area contributed by atoms with Gasteiger partial charge in [0.15, 0.2) is 23.1 Å². The Bertz CT molecular complexity index is 441. The van der Waals surface area contributed by atoms with Crippen molar-refractivity contribution in [1.82, 2.24) is 4.98 Å². The monoisotopic (exact) mass is 249 g/mol. The van der Waals surface area contributed by atoms with Crippen molar-refractivity contribution in [2.75, 3.05) is 0 Å². The average molecular weight is 250 g/mol. The molecule has 0 bridgehead atoms. The summed E-state index contributed by atoms with van der Waals surface area (Å²) in [6, 6.07) is 2.37. The van der Waals surface area contributed by atoms with Crippen LogP contribution in [-0.4, -0.2) is 4.98 Å². The molecule has 2 aromatic rings. The van der Waals surface area contributed by atoms with Crippen LogP contribution in [0.5, 0.6) is 0 Å². The van der Waals surface area contributed by atoms with Crippen molar-refractivity contribution in [2.24, 2.45) is 0 Å². The van der Waals surface area contributed by atoms with Crippen LogP contribution in [0.3, 0.4) is 0 Å². The van der Waals surface area contributed by atoms with Gasteiger partial charge in [0, 0.05) is 6.92 Å². The molecule has 2 nitrogen and oxygen atoms in total. The van der Waals surface area contributed by atoms with Crippen molar-refractivity contribution < 1.29 is 13.2 Å². The quantitative estimate of drug-likeness (QED) is 0.718. The Morgan fingerprint density at radius 2 is 2.00 bits per heavy atom. The number of oxazole rings is 1. The smallest absolute Gasteiger partial charge is 0.192 e. The minimum absolute atomic E-state index is 0. The summed E-state index contributed by atoms with van der Waals surface area (Å²) in [5.41, 5.74) is 0.221. The Labute approximate surface area is 83.3 Å². The van der Waals surface area contributed by atoms with Gasteiger partial charge >= 0.3 is 0 Å². The van der Waals surface area contributed by atoms with Gasteiger partial charge in [0.2, 0.25) is 0 Å². The number of rotatable bonds is 0. The summed E-state index contributed by atoms with van der Waals surface area (Å²) in [4.78, 5) is 3.69. The van der Waals surface area contributed by atoms with Gasteiger partial charge in [0.25, 0.3) is 0 Å². The summed E-state index contributed by atoms with van der Waals surface area (Å²) in [7, 11) is 0. The van der Waals surface area contributed by atoms with Crippen LogP contribution in [0.4, 0.5) is 8.78 Å². The van der Waals surface area contributed by atoms with Gasteiger partial charge in [0.05, 0.1) is 0 Å². The molecule has 0 radical (unpaired) electrons. The minimum Gasteiger partial charge on any atom is -0.441 e. The molecule has 1 aromatic carbocycles. The fourth-order valence-electron chi connectivity index (χ4n) is 1.05. The molecule has 0 fully saturated rings. The molecule has 1 heterocycles. The molecule has 0 aliphatic heterocycles. The Hall–Kier alpha value is -0.970. The first kappa shape index (κ1) is 10.1. The molecular formula is C8H6BrF2NO. The summed E-state index contributed by atoms with van der Waals surface area (Å²) in [5.74, 6) is -1.53. The SMILES string of the molecule is Br.Cc1nc2c(F)c(F)ccc2o1. The second kappa shape index (κ2) is 3.41. The second-order valence-corrected chi connectivity index (χ2v) is 2.44. The van der Waals surface area contributed by atoms with Gasteiger partial charge in [-0.15, -0.1) is 17.0 Å². The van der Waals surface area contributed by atoms with Crippen molar-refractivity contribution in [2.45, 2.75) is 6.92 Å². The Morgan fingerprint density at radius 3 is 2.69 bits per heavy atom. The standard InChI is InChI=1S/C8H5F2NO.BrH/c1-4-11-8-6(12-4)3-2-5(9)7(8)10;/h2-3H,1H3;1H. The zero-order valence-corrected chi connectivity index (χ0v) is 8.39. The lowest BCUT2D eigenvalue weighted by Gasteiger charge is -1.89. The van der Waals surface area contributed by atoms with Gasteiger partial charge in [-0.05, 0) is 12.1 Å². The molecule has 0 spiro atoms. The highest BCUT2D eigenvalue weighted by Crippen LogP contribution is 2.20. The molecule has 0 aliphatic rings. The Kier molecular flexibility index (Phi) is 2.66. The van der Waals surface area contributed by atoms with Crippen molar-refractivity contribution in [3.05, 3.63) is 29.7 Å². The molecule has 0 aliphatic carbocycles. The number of nitrogens with zero attached hydrogens (tertiary/aromatic N) is 1. The third kappa shape index (κ3) is 1.56. The van der Waals surface area contributed by atoms with E-state index in [0.717, 1.165) is 6.07 Å². The maximum absolute atomic E-state index is 12.9. The molecule has 0 atom stereocenters. The number of hydrogen-bond acceptors (Lipinski definition) is 2. The van der Waals surface area contributed by atoms with Crippen LogP contribution in [0.25, 0.3) is 11.1 Å². The summed E-state index contributed by atoms with van der Waals surface area (Å²) in [6.07, 6.45) is 0. The lowest BCUT2D eigenvalue weighted by molar-refractivity contribution is 0.514. The van der Waals surface area contributed by atoms with Gasteiger partial charge in [-0.1, -0.05) is 0 Å². The molecule has 5 heteroatoms. The van der Waals surface area contributed by atoms with Gasteiger partial charge in [-0.2, -0.15) is 0 Å². The molecule has 2 rings (SSSR count). The van der Waals surface area contributed by atoms with Crippen LogP contribution >= 0.6 is 17.0 Å². The zero-order chi connectivity index (χ0) is 8.72. The average Bonchev–Trinajstić information content (AvgIpc) is 2.39. The largest absolute Gasteiger partial charge is 0.441 e. The van der Waals surface area contributed by atoms with E-state index < -0.39 is 11.6 Å². The van der Waals surface area contributed by atoms with Gasteiger partial charge in [0.1, 0.15) is 5.52 Å². The highest BCUT2D eigenvalue weighted by molar-refractivity contribution is 8.93. The van der Waals surface area contributed by atoms with E-state index in [1.807, 2.05) is 0 Å². The maximum atomic E-state index is 12.9. The van der Waals surface area contributed by atoms with E-state index in [4.69, 9.17) is 4.42 Å². The van der Waals surface area contributed by atoms with Crippen LogP contribution in [0.1, 0.15) is 5.89 Å². The number of halogens is 3. The molecule has 0 amide bonds. The van der Waals surface area contributed by atoms with Gasteiger partial charge in [-0.3, -0.25) is 0 Å². The van der Waals surface area contributed by atoms with Gasteiger partial charge < -0.3 is 4.42 Å². The van der Waals surface area contributed by atoms with Crippen molar-refractivity contribution in [1.29, 1.82) is 0 Å². The van der Waals surface area contributed by atoms with Gasteiger partial charge in [-0.25, -0.2) is 13.8 Å². The number of aromatic nitrogens is 1. The number of fused-ring (bicyclic) bond motifs is 1. The van der Waals surface area contributed by atoms with E-state index in [1.54, 1.807) is 6.92 Å². The topological polar surface area (TPSA) is 26.0 Å². The first-order chi connectivity index (χ1) is 5.68. The molecule has 0 unspecified atom stereocenters. The van der Waals surface area contributed by atoms with E-state index in [-0.39, 0.29) is 28.1 Å². The number of benzene rings is 1. The first-order valence-electron chi connectivity index (χ1n) is 3.39. The van der Waals surface area contributed by atoms with Crippen LogP contribution in [0, 0.1) is 18.6 Å². The predicted octanol–water partition coefficient (Wildman–Crippen LogP) is 2.99. The van der Waals surface area contributed by atoms with E-state index in [1.165, 1.54) is 6.07 Å². The van der Waals surface area contributed by atoms with E-state index in [9.17, 15) is 8.78 Å². The van der Waals surface area contributed by atoms with Crippen molar-refractivity contribution >= 4 is 28.1 Å². The summed E-state index contributed by atoms with van der Waals surface area (Å²) < 4.78 is 30.5. The molecular weight excluding hydrogens is 244 g/mol. The van der Waals surface area contributed by atoms with Crippen LogP contribution in [0.15, 0.2) is 16.5 Å². The predicted molar refractivity (Wildman–Crippen MR) is 49.0 cm³/mol. The number of hydrogen-bond donors (Lipinski definition) is 0. The molecule has 0 N–H and O–H groups in total. The number of aryl methyl sites for hydroxylation is 1. The zero-order valence-electron chi connectivity index (χ0n) is 6.67. The van der Waals surface area contributed by atoms with E-state index >= 15 is 0 Å². The minimum atomic E-state index is -0.954. The van der Waals surface area contributed by atoms with Crippen molar-refractivity contribution in [3.8, 4) is 0 Å². The molecule has 0 saturated carbocycles. The summed E-state index contributed by atoms with van der Waals surface area (Å²) in [6.45, 7) is 1.58. The molecule has 1 aromatic heterocycles. The Balaban J connectivity index is 0.000000845. The van der Waals surface area contributed by atoms with Crippen LogP contribution in [-0.2, 0) is 0 Å². The lowest BCUT2D eigenvalue weighted by Crippen LogP contribution is -1.84. The fourth-order valence-corrected chi connectivity index (χ4v) is 1.05. The van der Waals surface area contributed by atoms with Crippen LogP contribution in [0.2, 0.25) is 0 Å². The van der Waals surface area contributed by atoms with E-state index in [2.05, 4.69) is 4.98 Å². The summed E-state index contributed by atoms with van der Waals surface area (Å²) >= 11 is 0. The third-order valence-electron chi connectivity index (χ3n) is 1.56. The normalized spacial score (nSPS) is 10.1. The highest BCUT2D eigenvalue weighted by atomic mass is 79.9. The summed E-state index contributed by atoms with van der Waals surface area (Å²) in [5, 5.41) is 0. The maximum Gasteiger partial charge on any atom is 0.192 e. The third-order valence-corrected chi connectivity index (χ3v) is 1.56.